The Morgan fingerprint density at radius 2 is 2.00 bits per heavy atom. The lowest BCUT2D eigenvalue weighted by atomic mass is 10.2. The maximum absolute atomic E-state index is 12.7. The van der Waals surface area contributed by atoms with Crippen molar-refractivity contribution >= 4 is 33.6 Å². The van der Waals surface area contributed by atoms with Crippen LogP contribution < -0.4 is 4.74 Å². The highest BCUT2D eigenvalue weighted by Gasteiger charge is 2.32. The fraction of sp³-hybridized carbons (Fsp3) is 0.316. The lowest BCUT2D eigenvalue weighted by molar-refractivity contribution is -0.129. The molecule has 3 nitrogen and oxygen atoms in total. The molecule has 126 valence electrons. The summed E-state index contributed by atoms with van der Waals surface area (Å²) >= 11 is 5.08. The molecule has 3 rings (SSSR count). The largest absolute Gasteiger partial charge is 0.497 e. The number of halogens is 1. The van der Waals surface area contributed by atoms with E-state index in [0.29, 0.717) is 18.3 Å². The number of hydrogen-bond acceptors (Lipinski definition) is 3. The highest BCUT2D eigenvalue weighted by Crippen LogP contribution is 2.30. The number of carbonyl (C=O) groups excluding carboxylic acids is 1. The molecule has 1 saturated carbocycles. The zero-order valence-corrected chi connectivity index (χ0v) is 16.0. The number of nitrogens with zero attached hydrogens (tertiary/aromatic N) is 1. The summed E-state index contributed by atoms with van der Waals surface area (Å²) in [6.07, 6.45) is 2.24. The molecule has 0 atom stereocenters. The smallest absolute Gasteiger partial charge is 0.233 e. The fourth-order valence-electron chi connectivity index (χ4n) is 2.54. The molecule has 24 heavy (non-hydrogen) atoms. The van der Waals surface area contributed by atoms with E-state index >= 15 is 0 Å². The van der Waals surface area contributed by atoms with Crippen LogP contribution in [0.1, 0.15) is 18.4 Å². The Balaban J connectivity index is 1.60. The first kappa shape index (κ1) is 17.4. The van der Waals surface area contributed by atoms with Crippen molar-refractivity contribution < 1.29 is 9.53 Å². The van der Waals surface area contributed by atoms with Crippen molar-refractivity contribution in [3.8, 4) is 5.75 Å². The number of benzene rings is 2. The first-order chi connectivity index (χ1) is 11.7. The number of thioether (sulfide) groups is 1. The molecule has 1 fully saturated rings. The standard InChI is InChI=1S/C19H20BrNO2S/c1-23-17-7-9-18(10-8-17)24-13-19(22)21(16-5-6-16)12-14-3-2-4-15(20)11-14/h2-4,7-11,16H,5-6,12-13H2,1H3. The van der Waals surface area contributed by atoms with E-state index in [1.165, 1.54) is 5.56 Å². The van der Waals surface area contributed by atoms with E-state index in [-0.39, 0.29) is 5.91 Å². The van der Waals surface area contributed by atoms with E-state index in [4.69, 9.17) is 4.74 Å². The molecule has 1 aliphatic rings. The van der Waals surface area contributed by atoms with Gasteiger partial charge in [0.1, 0.15) is 5.75 Å². The van der Waals surface area contributed by atoms with Crippen LogP contribution in [0.5, 0.6) is 5.75 Å². The summed E-state index contributed by atoms with van der Waals surface area (Å²) < 4.78 is 6.21. The Hall–Kier alpha value is -1.46. The Bertz CT molecular complexity index is 701. The third-order valence-corrected chi connectivity index (χ3v) is 5.46. The van der Waals surface area contributed by atoms with Gasteiger partial charge in [0.25, 0.3) is 0 Å². The number of methoxy groups -OCH3 is 1. The maximum atomic E-state index is 12.7. The Kier molecular flexibility index (Phi) is 5.85. The molecule has 0 heterocycles. The van der Waals surface area contributed by atoms with Crippen LogP contribution in [0.2, 0.25) is 0 Å². The second-order valence-corrected chi connectivity index (χ2v) is 7.81. The molecule has 0 unspecified atom stereocenters. The van der Waals surface area contributed by atoms with Crippen molar-refractivity contribution in [3.05, 3.63) is 58.6 Å². The molecular formula is C19H20BrNO2S. The zero-order chi connectivity index (χ0) is 16.9. The van der Waals surface area contributed by atoms with Crippen molar-refractivity contribution in [1.29, 1.82) is 0 Å². The van der Waals surface area contributed by atoms with Gasteiger partial charge in [-0.1, -0.05) is 28.1 Å². The van der Waals surface area contributed by atoms with Crippen LogP contribution in [0.25, 0.3) is 0 Å². The van der Waals surface area contributed by atoms with Crippen molar-refractivity contribution in [2.45, 2.75) is 30.3 Å². The van der Waals surface area contributed by atoms with Gasteiger partial charge in [0, 0.05) is 22.0 Å². The summed E-state index contributed by atoms with van der Waals surface area (Å²) in [5.41, 5.74) is 1.17. The van der Waals surface area contributed by atoms with Gasteiger partial charge in [-0.15, -0.1) is 11.8 Å². The highest BCUT2D eigenvalue weighted by atomic mass is 79.9. The monoisotopic (exact) mass is 405 g/mol. The van der Waals surface area contributed by atoms with Crippen molar-refractivity contribution in [3.63, 3.8) is 0 Å². The first-order valence-electron chi connectivity index (χ1n) is 7.96. The Morgan fingerprint density at radius 1 is 1.25 bits per heavy atom. The molecule has 0 saturated heterocycles. The summed E-state index contributed by atoms with van der Waals surface area (Å²) in [5, 5.41) is 0. The summed E-state index contributed by atoms with van der Waals surface area (Å²) in [4.78, 5) is 15.8. The normalized spacial score (nSPS) is 13.6. The van der Waals surface area contributed by atoms with Gasteiger partial charge < -0.3 is 9.64 Å². The molecule has 1 amide bonds. The summed E-state index contributed by atoms with van der Waals surface area (Å²) in [7, 11) is 1.65. The van der Waals surface area contributed by atoms with E-state index < -0.39 is 0 Å². The van der Waals surface area contributed by atoms with Crippen LogP contribution in [-0.4, -0.2) is 29.7 Å². The molecule has 0 aliphatic heterocycles. The molecule has 0 bridgehead atoms. The van der Waals surface area contributed by atoms with Gasteiger partial charge in [-0.3, -0.25) is 4.79 Å². The van der Waals surface area contributed by atoms with E-state index in [1.54, 1.807) is 18.9 Å². The molecule has 0 spiro atoms. The van der Waals surface area contributed by atoms with Crippen molar-refractivity contribution in [2.75, 3.05) is 12.9 Å². The lowest BCUT2D eigenvalue weighted by Crippen LogP contribution is -2.33. The molecule has 0 aromatic heterocycles. The molecule has 5 heteroatoms. The Morgan fingerprint density at radius 3 is 2.62 bits per heavy atom. The quantitative estimate of drug-likeness (QED) is 0.622. The fourth-order valence-corrected chi connectivity index (χ4v) is 3.77. The minimum absolute atomic E-state index is 0.207. The number of ether oxygens (including phenoxy) is 1. The third kappa shape index (κ3) is 4.77. The predicted octanol–water partition coefficient (Wildman–Crippen LogP) is 4.74. The molecule has 2 aromatic carbocycles. The summed E-state index contributed by atoms with van der Waals surface area (Å²) in [6.45, 7) is 0.687. The minimum Gasteiger partial charge on any atom is -0.497 e. The minimum atomic E-state index is 0.207. The SMILES string of the molecule is COc1ccc(SCC(=O)N(Cc2cccc(Br)c2)C2CC2)cc1. The number of hydrogen-bond donors (Lipinski definition) is 0. The Labute approximate surface area is 155 Å². The number of amides is 1. The van der Waals surface area contributed by atoms with Gasteiger partial charge in [-0.2, -0.15) is 0 Å². The van der Waals surface area contributed by atoms with Gasteiger partial charge >= 0.3 is 0 Å². The van der Waals surface area contributed by atoms with Gasteiger partial charge in [0.05, 0.1) is 12.9 Å². The zero-order valence-electron chi connectivity index (χ0n) is 13.6. The van der Waals surface area contributed by atoms with Crippen LogP contribution in [0.4, 0.5) is 0 Å². The lowest BCUT2D eigenvalue weighted by Gasteiger charge is -2.22. The highest BCUT2D eigenvalue weighted by molar-refractivity contribution is 9.10. The van der Waals surface area contributed by atoms with Crippen LogP contribution in [0, 0.1) is 0 Å². The van der Waals surface area contributed by atoms with Gasteiger partial charge in [0.2, 0.25) is 5.91 Å². The van der Waals surface area contributed by atoms with Gasteiger partial charge in [0.15, 0.2) is 0 Å². The van der Waals surface area contributed by atoms with E-state index in [2.05, 4.69) is 28.1 Å². The van der Waals surface area contributed by atoms with Crippen molar-refractivity contribution in [1.82, 2.24) is 4.90 Å². The van der Waals surface area contributed by atoms with Crippen LogP contribution >= 0.6 is 27.7 Å². The van der Waals surface area contributed by atoms with E-state index in [9.17, 15) is 4.79 Å². The topological polar surface area (TPSA) is 29.5 Å². The van der Waals surface area contributed by atoms with Crippen molar-refractivity contribution in [2.24, 2.45) is 0 Å². The van der Waals surface area contributed by atoms with E-state index in [1.807, 2.05) is 41.3 Å². The van der Waals surface area contributed by atoms with E-state index in [0.717, 1.165) is 28.0 Å². The average Bonchev–Trinajstić information content (AvgIpc) is 3.43. The molecule has 0 radical (unpaired) electrons. The number of carbonyl (C=O) groups is 1. The molecule has 0 N–H and O–H groups in total. The molecule has 1 aliphatic carbocycles. The summed E-state index contributed by atoms with van der Waals surface area (Å²) in [6, 6.07) is 16.4. The second kappa shape index (κ2) is 8.08. The first-order valence-corrected chi connectivity index (χ1v) is 9.74. The van der Waals surface area contributed by atoms with Gasteiger partial charge in [-0.05, 0) is 54.8 Å². The predicted molar refractivity (Wildman–Crippen MR) is 101 cm³/mol. The van der Waals surface area contributed by atoms with Gasteiger partial charge in [-0.25, -0.2) is 0 Å². The number of rotatable bonds is 7. The molecular weight excluding hydrogens is 386 g/mol. The second-order valence-electron chi connectivity index (χ2n) is 5.85. The molecule has 2 aromatic rings. The van der Waals surface area contributed by atoms with Crippen LogP contribution in [0.3, 0.4) is 0 Å². The average molecular weight is 406 g/mol. The third-order valence-electron chi connectivity index (χ3n) is 3.97. The van der Waals surface area contributed by atoms with Crippen LogP contribution in [0.15, 0.2) is 57.9 Å². The van der Waals surface area contributed by atoms with Crippen LogP contribution in [-0.2, 0) is 11.3 Å². The summed E-state index contributed by atoms with van der Waals surface area (Å²) in [5.74, 6) is 1.51. The maximum Gasteiger partial charge on any atom is 0.233 e.